The summed E-state index contributed by atoms with van der Waals surface area (Å²) in [5.74, 6) is -1.51. The zero-order valence-electron chi connectivity index (χ0n) is 18.5. The van der Waals surface area contributed by atoms with Crippen LogP contribution < -0.4 is 20.3 Å². The lowest BCUT2D eigenvalue weighted by Gasteiger charge is -2.14. The highest BCUT2D eigenvalue weighted by Gasteiger charge is 2.18. The van der Waals surface area contributed by atoms with Crippen LogP contribution in [0, 0.1) is 11.7 Å². The number of anilines is 1. The van der Waals surface area contributed by atoms with Crippen LogP contribution in [-0.2, 0) is 21.2 Å². The second-order valence-corrected chi connectivity index (χ2v) is 9.22. The highest BCUT2D eigenvalue weighted by Crippen LogP contribution is 2.20. The van der Waals surface area contributed by atoms with Crippen LogP contribution in [0.1, 0.15) is 22.8 Å². The predicted octanol–water partition coefficient (Wildman–Crippen LogP) is 3.27. The van der Waals surface area contributed by atoms with Crippen LogP contribution in [0.15, 0.2) is 77.7 Å². The number of sulfonamides is 1. The number of amides is 2. The summed E-state index contributed by atoms with van der Waals surface area (Å²) in [5, 5.41) is 0. The first kappa shape index (κ1) is 24.7. The molecule has 0 aliphatic heterocycles. The van der Waals surface area contributed by atoms with Gasteiger partial charge in [-0.25, -0.2) is 12.8 Å². The number of methoxy groups -OCH3 is 1. The topological polar surface area (TPSA) is 114 Å². The van der Waals surface area contributed by atoms with Crippen molar-refractivity contribution in [2.45, 2.75) is 18.2 Å². The molecule has 10 heteroatoms. The van der Waals surface area contributed by atoms with Crippen molar-refractivity contribution in [2.75, 3.05) is 11.8 Å². The van der Waals surface area contributed by atoms with Gasteiger partial charge in [0.2, 0.25) is 5.91 Å². The molecule has 0 radical (unpaired) electrons. The van der Waals surface area contributed by atoms with Crippen LogP contribution >= 0.6 is 0 Å². The Labute approximate surface area is 197 Å². The third kappa shape index (κ3) is 6.55. The molecule has 0 saturated heterocycles. The Kier molecular flexibility index (Phi) is 7.85. The van der Waals surface area contributed by atoms with Gasteiger partial charge in [-0.05, 0) is 66.6 Å². The van der Waals surface area contributed by atoms with Gasteiger partial charge in [0.25, 0.3) is 15.9 Å². The van der Waals surface area contributed by atoms with Crippen LogP contribution in [0.3, 0.4) is 0 Å². The molecule has 2 amide bonds. The molecule has 3 aromatic rings. The largest absolute Gasteiger partial charge is 0.497 e. The van der Waals surface area contributed by atoms with Crippen molar-refractivity contribution in [1.82, 2.24) is 10.9 Å². The van der Waals surface area contributed by atoms with E-state index in [1.807, 2.05) is 0 Å². The average Bonchev–Trinajstić information content (AvgIpc) is 2.82. The number of rotatable bonds is 8. The van der Waals surface area contributed by atoms with Crippen molar-refractivity contribution in [1.29, 1.82) is 0 Å². The molecule has 0 fully saturated rings. The molecule has 0 heterocycles. The van der Waals surface area contributed by atoms with Gasteiger partial charge in [0.15, 0.2) is 0 Å². The van der Waals surface area contributed by atoms with Gasteiger partial charge in [0.05, 0.1) is 12.0 Å². The Morgan fingerprint density at radius 1 is 0.971 bits per heavy atom. The highest BCUT2D eigenvalue weighted by atomic mass is 32.2. The van der Waals surface area contributed by atoms with E-state index in [0.29, 0.717) is 17.0 Å². The molecule has 0 spiro atoms. The number of hydrogen-bond donors (Lipinski definition) is 3. The molecule has 1 unspecified atom stereocenters. The maximum atomic E-state index is 13.3. The van der Waals surface area contributed by atoms with E-state index >= 15 is 0 Å². The molecule has 178 valence electrons. The van der Waals surface area contributed by atoms with E-state index in [4.69, 9.17) is 4.74 Å². The molecule has 3 N–H and O–H groups in total. The number of halogens is 1. The van der Waals surface area contributed by atoms with E-state index in [2.05, 4.69) is 15.6 Å². The Morgan fingerprint density at radius 3 is 2.35 bits per heavy atom. The van der Waals surface area contributed by atoms with Crippen molar-refractivity contribution in [3.05, 3.63) is 89.7 Å². The molecule has 34 heavy (non-hydrogen) atoms. The number of benzene rings is 3. The van der Waals surface area contributed by atoms with Crippen molar-refractivity contribution in [3.63, 3.8) is 0 Å². The number of ether oxygens (including phenoxy) is 1. The summed E-state index contributed by atoms with van der Waals surface area (Å²) in [6.45, 7) is 1.64. The zero-order chi connectivity index (χ0) is 24.7. The third-order valence-electron chi connectivity index (χ3n) is 4.93. The number of hydrogen-bond acceptors (Lipinski definition) is 5. The van der Waals surface area contributed by atoms with Crippen molar-refractivity contribution < 1.29 is 27.1 Å². The lowest BCUT2D eigenvalue weighted by atomic mass is 10.0. The molecule has 0 saturated carbocycles. The van der Waals surface area contributed by atoms with E-state index in [0.717, 1.165) is 0 Å². The molecule has 8 nitrogen and oxygen atoms in total. The van der Waals surface area contributed by atoms with Gasteiger partial charge in [-0.3, -0.25) is 25.2 Å². The van der Waals surface area contributed by atoms with Crippen LogP contribution in [-0.4, -0.2) is 27.3 Å². The summed E-state index contributed by atoms with van der Waals surface area (Å²) >= 11 is 0. The van der Waals surface area contributed by atoms with E-state index in [1.54, 1.807) is 43.3 Å². The quantitative estimate of drug-likeness (QED) is 0.424. The highest BCUT2D eigenvalue weighted by molar-refractivity contribution is 7.92. The van der Waals surface area contributed by atoms with Gasteiger partial charge in [-0.1, -0.05) is 25.1 Å². The van der Waals surface area contributed by atoms with Crippen LogP contribution in [0.25, 0.3) is 0 Å². The van der Waals surface area contributed by atoms with Gasteiger partial charge in [0.1, 0.15) is 11.6 Å². The molecule has 3 aromatic carbocycles. The average molecular weight is 486 g/mol. The fourth-order valence-corrected chi connectivity index (χ4v) is 4.21. The van der Waals surface area contributed by atoms with Gasteiger partial charge in [0, 0.05) is 17.2 Å². The van der Waals surface area contributed by atoms with Gasteiger partial charge in [-0.2, -0.15) is 0 Å². The summed E-state index contributed by atoms with van der Waals surface area (Å²) in [7, 11) is -2.46. The van der Waals surface area contributed by atoms with Gasteiger partial charge >= 0.3 is 0 Å². The van der Waals surface area contributed by atoms with Crippen molar-refractivity contribution >= 4 is 27.5 Å². The van der Waals surface area contributed by atoms with Crippen LogP contribution in [0.2, 0.25) is 0 Å². The zero-order valence-corrected chi connectivity index (χ0v) is 19.4. The lowest BCUT2D eigenvalue weighted by Crippen LogP contribution is -2.44. The number of carbonyl (C=O) groups is 2. The van der Waals surface area contributed by atoms with E-state index < -0.39 is 33.6 Å². The minimum Gasteiger partial charge on any atom is -0.497 e. The minimum atomic E-state index is -3.96. The fraction of sp³-hybridized carbons (Fsp3) is 0.167. The Bertz CT molecular complexity index is 1280. The van der Waals surface area contributed by atoms with Crippen LogP contribution in [0.5, 0.6) is 5.75 Å². The first-order valence-electron chi connectivity index (χ1n) is 10.3. The fourth-order valence-electron chi connectivity index (χ4n) is 3.10. The van der Waals surface area contributed by atoms with E-state index in [9.17, 15) is 22.4 Å². The normalized spacial score (nSPS) is 11.9. The molecule has 0 aliphatic rings. The lowest BCUT2D eigenvalue weighted by molar-refractivity contribution is -0.125. The van der Waals surface area contributed by atoms with Gasteiger partial charge < -0.3 is 4.74 Å². The molecule has 0 bridgehead atoms. The number of nitrogens with one attached hydrogen (secondary N) is 3. The van der Waals surface area contributed by atoms with Crippen LogP contribution in [0.4, 0.5) is 10.1 Å². The molecule has 0 aromatic heterocycles. The molecule has 0 aliphatic carbocycles. The maximum Gasteiger partial charge on any atom is 0.269 e. The molecule has 3 rings (SSSR count). The first-order chi connectivity index (χ1) is 16.2. The number of carbonyl (C=O) groups excluding carboxylic acids is 2. The first-order valence-corrected chi connectivity index (χ1v) is 11.8. The Hall–Kier alpha value is -3.92. The molecule has 1 atom stereocenters. The summed E-state index contributed by atoms with van der Waals surface area (Å²) in [6.07, 6.45) is 0.282. The predicted molar refractivity (Wildman–Crippen MR) is 125 cm³/mol. The summed E-state index contributed by atoms with van der Waals surface area (Å²) in [6, 6.07) is 17.6. The monoisotopic (exact) mass is 485 g/mol. The molecular formula is C24H24FN3O5S. The standard InChI is InChI=1S/C24H24FN3O5S/c1-16(13-17-5-3-7-19(25)14-17)23(29)26-27-24(30)18-6-4-8-22(15-18)34(31,32)28-20-9-11-21(33-2)12-10-20/h3-12,14-16,28H,13H2,1-2H3,(H,26,29)(H,27,30). The SMILES string of the molecule is COc1ccc(NS(=O)(=O)c2cccc(C(=O)NNC(=O)C(C)Cc3cccc(F)c3)c2)cc1. The van der Waals surface area contributed by atoms with Crippen molar-refractivity contribution in [3.8, 4) is 5.75 Å². The Morgan fingerprint density at radius 2 is 1.68 bits per heavy atom. The summed E-state index contributed by atoms with van der Waals surface area (Å²) in [4.78, 5) is 24.7. The van der Waals surface area contributed by atoms with Gasteiger partial charge in [-0.15, -0.1) is 0 Å². The second-order valence-electron chi connectivity index (χ2n) is 7.54. The molecular weight excluding hydrogens is 461 g/mol. The second kappa shape index (κ2) is 10.8. The maximum absolute atomic E-state index is 13.3. The summed E-state index contributed by atoms with van der Waals surface area (Å²) < 4.78 is 46.2. The Balaban J connectivity index is 1.61. The third-order valence-corrected chi connectivity index (χ3v) is 6.31. The van der Waals surface area contributed by atoms with Crippen molar-refractivity contribution in [2.24, 2.45) is 5.92 Å². The van der Waals surface area contributed by atoms with E-state index in [1.165, 1.54) is 43.5 Å². The summed E-state index contributed by atoms with van der Waals surface area (Å²) in [5.41, 5.74) is 5.61. The minimum absolute atomic E-state index is 0.0377. The number of hydrazine groups is 1. The smallest absolute Gasteiger partial charge is 0.269 e. The van der Waals surface area contributed by atoms with E-state index in [-0.39, 0.29) is 16.9 Å².